The summed E-state index contributed by atoms with van der Waals surface area (Å²) in [5.74, 6) is 4.97. The highest BCUT2D eigenvalue weighted by atomic mass is 16.2. The first-order valence-corrected chi connectivity index (χ1v) is 5.97. The van der Waals surface area contributed by atoms with E-state index < -0.39 is 0 Å². The lowest BCUT2D eigenvalue weighted by Gasteiger charge is -2.26. The number of carbonyl (C=O) groups excluding carboxylic acids is 1. The average molecular weight is 213 g/mol. The van der Waals surface area contributed by atoms with Crippen molar-refractivity contribution in [1.82, 2.24) is 10.3 Å². The van der Waals surface area contributed by atoms with Gasteiger partial charge in [0.1, 0.15) is 0 Å². The zero-order chi connectivity index (χ0) is 11.1. The first-order chi connectivity index (χ1) is 7.24. The van der Waals surface area contributed by atoms with Crippen LogP contribution in [0.3, 0.4) is 0 Å². The number of hydrazine groups is 1. The molecule has 1 aliphatic heterocycles. The summed E-state index contributed by atoms with van der Waals surface area (Å²) in [5.41, 5.74) is 2.17. The quantitative estimate of drug-likeness (QED) is 0.416. The van der Waals surface area contributed by atoms with Crippen molar-refractivity contribution in [2.24, 2.45) is 5.84 Å². The van der Waals surface area contributed by atoms with E-state index in [1.165, 1.54) is 32.2 Å². The molecule has 4 heteroatoms. The molecule has 0 aliphatic carbocycles. The minimum Gasteiger partial charge on any atom is -0.301 e. The Kier molecular flexibility index (Phi) is 5.65. The molecule has 0 aromatic rings. The van der Waals surface area contributed by atoms with Crippen LogP contribution in [0.4, 0.5) is 0 Å². The van der Waals surface area contributed by atoms with E-state index in [0.29, 0.717) is 12.5 Å². The average Bonchev–Trinajstić information content (AvgIpc) is 2.44. The minimum absolute atomic E-state index is 0.0579. The Bertz CT molecular complexity index is 196. The smallest absolute Gasteiger partial charge is 0.233 e. The summed E-state index contributed by atoms with van der Waals surface area (Å²) in [4.78, 5) is 13.4. The maximum Gasteiger partial charge on any atom is 0.233 e. The number of amides is 1. The van der Waals surface area contributed by atoms with Crippen molar-refractivity contribution >= 4 is 5.91 Å². The van der Waals surface area contributed by atoms with Crippen molar-refractivity contribution in [2.45, 2.75) is 51.5 Å². The van der Waals surface area contributed by atoms with Crippen molar-refractivity contribution in [1.29, 1.82) is 0 Å². The van der Waals surface area contributed by atoms with Gasteiger partial charge in [0, 0.05) is 12.5 Å². The summed E-state index contributed by atoms with van der Waals surface area (Å²) in [7, 11) is 0. The van der Waals surface area contributed by atoms with E-state index in [1.54, 1.807) is 0 Å². The second-order valence-corrected chi connectivity index (χ2v) is 4.41. The molecule has 1 unspecified atom stereocenters. The van der Waals surface area contributed by atoms with E-state index in [2.05, 4.69) is 17.2 Å². The lowest BCUT2D eigenvalue weighted by molar-refractivity contribution is -0.121. The number of rotatable bonds is 4. The maximum absolute atomic E-state index is 10.9. The van der Waals surface area contributed by atoms with E-state index in [9.17, 15) is 4.79 Å². The molecule has 1 aliphatic rings. The van der Waals surface area contributed by atoms with Crippen molar-refractivity contribution in [2.75, 3.05) is 13.1 Å². The predicted molar refractivity (Wildman–Crippen MR) is 61.1 cm³/mol. The Labute approximate surface area is 92.2 Å². The van der Waals surface area contributed by atoms with Crippen LogP contribution in [0.1, 0.15) is 45.4 Å². The first kappa shape index (κ1) is 12.5. The second-order valence-electron chi connectivity index (χ2n) is 4.41. The number of carbonyl (C=O) groups is 1. The molecule has 0 radical (unpaired) electrons. The van der Waals surface area contributed by atoms with Gasteiger partial charge in [-0.15, -0.1) is 0 Å². The third-order valence-electron chi connectivity index (χ3n) is 3.20. The molecule has 0 spiro atoms. The van der Waals surface area contributed by atoms with Crippen LogP contribution in [-0.4, -0.2) is 29.9 Å². The van der Waals surface area contributed by atoms with Crippen molar-refractivity contribution in [3.05, 3.63) is 0 Å². The summed E-state index contributed by atoms with van der Waals surface area (Å²) in [6.45, 7) is 4.49. The van der Waals surface area contributed by atoms with Gasteiger partial charge >= 0.3 is 0 Å². The van der Waals surface area contributed by atoms with Gasteiger partial charge in [-0.2, -0.15) is 0 Å². The first-order valence-electron chi connectivity index (χ1n) is 5.97. The summed E-state index contributed by atoms with van der Waals surface area (Å²) >= 11 is 0. The van der Waals surface area contributed by atoms with Gasteiger partial charge in [0.15, 0.2) is 0 Å². The Balaban J connectivity index is 2.20. The van der Waals surface area contributed by atoms with Gasteiger partial charge in [-0.05, 0) is 39.3 Å². The van der Waals surface area contributed by atoms with Crippen LogP contribution in [0.5, 0.6) is 0 Å². The molecule has 4 nitrogen and oxygen atoms in total. The number of likely N-dealkylation sites (tertiary alicyclic amines) is 1. The molecule has 0 bridgehead atoms. The zero-order valence-corrected chi connectivity index (χ0v) is 9.67. The third kappa shape index (κ3) is 4.62. The highest BCUT2D eigenvalue weighted by molar-refractivity contribution is 5.75. The number of hydrogen-bond donors (Lipinski definition) is 2. The second kappa shape index (κ2) is 6.80. The summed E-state index contributed by atoms with van der Waals surface area (Å²) in [5, 5.41) is 0. The van der Waals surface area contributed by atoms with Crippen molar-refractivity contribution in [3.63, 3.8) is 0 Å². The molecule has 1 saturated heterocycles. The fraction of sp³-hybridized carbons (Fsp3) is 0.909. The highest BCUT2D eigenvalue weighted by Gasteiger charge is 2.16. The van der Waals surface area contributed by atoms with Crippen LogP contribution < -0.4 is 11.3 Å². The number of nitrogens with zero attached hydrogens (tertiary/aromatic N) is 1. The predicted octanol–water partition coefficient (Wildman–Crippen LogP) is 1.02. The van der Waals surface area contributed by atoms with Gasteiger partial charge in [0.2, 0.25) is 5.91 Å². The maximum atomic E-state index is 10.9. The largest absolute Gasteiger partial charge is 0.301 e. The topological polar surface area (TPSA) is 58.4 Å². The molecule has 1 rings (SSSR count). The van der Waals surface area contributed by atoms with Gasteiger partial charge in [0.25, 0.3) is 0 Å². The van der Waals surface area contributed by atoms with Gasteiger partial charge in [-0.25, -0.2) is 5.84 Å². The zero-order valence-electron chi connectivity index (χ0n) is 9.67. The van der Waals surface area contributed by atoms with E-state index in [0.717, 1.165) is 13.0 Å². The minimum atomic E-state index is -0.0579. The standard InChI is InChI=1S/C11H23N3O/c1-10-6-3-2-4-8-14(10)9-5-7-11(15)13-12/h10H,2-9,12H2,1H3,(H,13,15). The normalized spacial score (nSPS) is 23.5. The molecule has 0 aromatic heterocycles. The number of hydrogen-bond acceptors (Lipinski definition) is 3. The van der Waals surface area contributed by atoms with Crippen molar-refractivity contribution < 1.29 is 4.79 Å². The van der Waals surface area contributed by atoms with E-state index in [1.807, 2.05) is 0 Å². The van der Waals surface area contributed by atoms with Crippen LogP contribution in [0.25, 0.3) is 0 Å². The molecule has 3 N–H and O–H groups in total. The monoisotopic (exact) mass is 213 g/mol. The lowest BCUT2D eigenvalue weighted by atomic mass is 10.1. The number of nitrogens with one attached hydrogen (secondary N) is 1. The van der Waals surface area contributed by atoms with E-state index >= 15 is 0 Å². The molecular formula is C11H23N3O. The molecular weight excluding hydrogens is 190 g/mol. The Morgan fingerprint density at radius 1 is 1.47 bits per heavy atom. The summed E-state index contributed by atoms with van der Waals surface area (Å²) < 4.78 is 0. The van der Waals surface area contributed by atoms with Crippen LogP contribution in [0.15, 0.2) is 0 Å². The van der Waals surface area contributed by atoms with Gasteiger partial charge in [-0.1, -0.05) is 12.8 Å². The van der Waals surface area contributed by atoms with Crippen LogP contribution in [0.2, 0.25) is 0 Å². The highest BCUT2D eigenvalue weighted by Crippen LogP contribution is 2.16. The molecule has 1 fully saturated rings. The van der Waals surface area contributed by atoms with Crippen LogP contribution >= 0.6 is 0 Å². The molecule has 1 amide bonds. The molecule has 15 heavy (non-hydrogen) atoms. The molecule has 1 atom stereocenters. The van der Waals surface area contributed by atoms with E-state index in [4.69, 9.17) is 5.84 Å². The fourth-order valence-corrected chi connectivity index (χ4v) is 2.18. The van der Waals surface area contributed by atoms with Crippen LogP contribution in [-0.2, 0) is 4.79 Å². The van der Waals surface area contributed by atoms with Gasteiger partial charge < -0.3 is 4.90 Å². The Morgan fingerprint density at radius 2 is 2.27 bits per heavy atom. The van der Waals surface area contributed by atoms with Crippen LogP contribution in [0, 0.1) is 0 Å². The molecule has 1 heterocycles. The van der Waals surface area contributed by atoms with Crippen molar-refractivity contribution in [3.8, 4) is 0 Å². The number of nitrogens with two attached hydrogens (primary N) is 1. The lowest BCUT2D eigenvalue weighted by Crippen LogP contribution is -2.35. The fourth-order valence-electron chi connectivity index (χ4n) is 2.18. The summed E-state index contributed by atoms with van der Waals surface area (Å²) in [6.07, 6.45) is 6.74. The molecule has 0 saturated carbocycles. The molecule has 88 valence electrons. The molecule has 0 aromatic carbocycles. The third-order valence-corrected chi connectivity index (χ3v) is 3.20. The Morgan fingerprint density at radius 3 is 3.00 bits per heavy atom. The van der Waals surface area contributed by atoms with E-state index in [-0.39, 0.29) is 5.91 Å². The Hall–Kier alpha value is -0.610. The van der Waals surface area contributed by atoms with Gasteiger partial charge in [-0.3, -0.25) is 10.2 Å². The van der Waals surface area contributed by atoms with Gasteiger partial charge in [0.05, 0.1) is 0 Å². The SMILES string of the molecule is CC1CCCCCN1CCCC(=O)NN. The summed E-state index contributed by atoms with van der Waals surface area (Å²) in [6, 6.07) is 0.674.